The molecule has 0 bridgehead atoms. The van der Waals surface area contributed by atoms with Gasteiger partial charge in [-0.25, -0.2) is 4.90 Å². The molecule has 1 aliphatic heterocycles. The van der Waals surface area contributed by atoms with Crippen molar-refractivity contribution in [1.82, 2.24) is 0 Å². The van der Waals surface area contributed by atoms with Crippen LogP contribution >= 0.6 is 23.2 Å². The van der Waals surface area contributed by atoms with Gasteiger partial charge in [-0.2, -0.15) is 0 Å². The summed E-state index contributed by atoms with van der Waals surface area (Å²) >= 11 is 12.3. The van der Waals surface area contributed by atoms with E-state index in [1.54, 1.807) is 30.3 Å². The van der Waals surface area contributed by atoms with Gasteiger partial charge >= 0.3 is 0 Å². The van der Waals surface area contributed by atoms with Crippen LogP contribution in [-0.2, 0) is 9.59 Å². The number of nitrogens with one attached hydrogen (secondary N) is 1. The molecule has 2 aromatic rings. The summed E-state index contributed by atoms with van der Waals surface area (Å²) < 4.78 is 0. The average Bonchev–Trinajstić information content (AvgIpc) is 2.74. The lowest BCUT2D eigenvalue weighted by Gasteiger charge is -2.17. The lowest BCUT2D eigenvalue weighted by atomic mass is 10.1. The van der Waals surface area contributed by atoms with E-state index in [9.17, 15) is 9.59 Å². The highest BCUT2D eigenvalue weighted by atomic mass is 35.5. The zero-order valence-electron chi connectivity index (χ0n) is 14.0. The van der Waals surface area contributed by atoms with E-state index >= 15 is 0 Å². The molecule has 0 atom stereocenters. The summed E-state index contributed by atoms with van der Waals surface area (Å²) in [5, 5.41) is 3.38. The van der Waals surface area contributed by atoms with Gasteiger partial charge in [0, 0.05) is 10.7 Å². The fourth-order valence-electron chi connectivity index (χ4n) is 2.80. The van der Waals surface area contributed by atoms with Gasteiger partial charge in [0.1, 0.15) is 10.7 Å². The maximum atomic E-state index is 12.8. The Morgan fingerprint density at radius 2 is 1.56 bits per heavy atom. The normalized spacial score (nSPS) is 14.5. The van der Waals surface area contributed by atoms with Gasteiger partial charge in [0.25, 0.3) is 11.8 Å². The number of carbonyl (C=O) groups excluding carboxylic acids is 2. The number of imide groups is 1. The quantitative estimate of drug-likeness (QED) is 0.791. The number of carbonyl (C=O) groups is 2. The van der Waals surface area contributed by atoms with Crippen molar-refractivity contribution in [3.63, 3.8) is 0 Å². The Kier molecular flexibility index (Phi) is 4.58. The Hall–Kier alpha value is -2.30. The van der Waals surface area contributed by atoms with E-state index in [-0.39, 0.29) is 10.7 Å². The van der Waals surface area contributed by atoms with Crippen LogP contribution < -0.4 is 10.2 Å². The topological polar surface area (TPSA) is 49.4 Å². The maximum absolute atomic E-state index is 12.8. The molecule has 0 radical (unpaired) electrons. The third-order valence-electron chi connectivity index (χ3n) is 4.02. The number of nitrogens with zero attached hydrogens (tertiary/aromatic N) is 1. The first-order chi connectivity index (χ1) is 11.8. The summed E-state index contributed by atoms with van der Waals surface area (Å²) in [6.45, 7) is 5.64. The third kappa shape index (κ3) is 3.15. The summed E-state index contributed by atoms with van der Waals surface area (Å²) in [6, 6.07) is 10.8. The minimum atomic E-state index is -0.543. The van der Waals surface area contributed by atoms with Crippen LogP contribution in [0.5, 0.6) is 0 Å². The van der Waals surface area contributed by atoms with E-state index in [1.165, 1.54) is 0 Å². The number of halogens is 2. The van der Waals surface area contributed by atoms with Crippen molar-refractivity contribution in [2.24, 2.45) is 0 Å². The van der Waals surface area contributed by atoms with E-state index in [2.05, 4.69) is 5.32 Å². The van der Waals surface area contributed by atoms with Gasteiger partial charge in [-0.1, -0.05) is 35.3 Å². The van der Waals surface area contributed by atoms with Gasteiger partial charge in [-0.05, 0) is 61.7 Å². The molecule has 0 aromatic heterocycles. The van der Waals surface area contributed by atoms with Crippen molar-refractivity contribution in [2.45, 2.75) is 20.8 Å². The molecule has 1 heterocycles. The zero-order chi connectivity index (χ0) is 18.3. The second kappa shape index (κ2) is 6.54. The number of hydrogen-bond acceptors (Lipinski definition) is 3. The summed E-state index contributed by atoms with van der Waals surface area (Å²) in [5.74, 6) is -1.03. The highest BCUT2D eigenvalue weighted by molar-refractivity contribution is 6.53. The second-order valence-corrected chi connectivity index (χ2v) is 6.80. The number of anilines is 2. The Labute approximate surface area is 156 Å². The van der Waals surface area contributed by atoms with Gasteiger partial charge in [0.05, 0.1) is 5.69 Å². The third-order valence-corrected chi connectivity index (χ3v) is 4.78. The second-order valence-electron chi connectivity index (χ2n) is 6.02. The van der Waals surface area contributed by atoms with Crippen LogP contribution in [0.3, 0.4) is 0 Å². The highest BCUT2D eigenvalue weighted by Crippen LogP contribution is 2.32. The Bertz CT molecular complexity index is 915. The Balaban J connectivity index is 1.98. The lowest BCUT2D eigenvalue weighted by Crippen LogP contribution is -2.32. The first-order valence-corrected chi connectivity index (χ1v) is 8.44. The molecule has 2 aromatic carbocycles. The van der Waals surface area contributed by atoms with Crippen LogP contribution in [0.15, 0.2) is 47.1 Å². The molecule has 6 heteroatoms. The minimum Gasteiger partial charge on any atom is -0.349 e. The Morgan fingerprint density at radius 3 is 2.20 bits per heavy atom. The van der Waals surface area contributed by atoms with Crippen molar-refractivity contribution in [3.8, 4) is 0 Å². The molecule has 4 nitrogen and oxygen atoms in total. The summed E-state index contributed by atoms with van der Waals surface area (Å²) in [7, 11) is 0. The molecular weight excluding hydrogens is 359 g/mol. The smallest absolute Gasteiger partial charge is 0.283 e. The SMILES string of the molecule is Cc1cc(C)cc(N2C(=O)C(Cl)=C(Nc3cccc(Cl)c3C)C2=O)c1. The molecule has 0 saturated carbocycles. The van der Waals surface area contributed by atoms with E-state index < -0.39 is 11.8 Å². The predicted molar refractivity (Wildman–Crippen MR) is 101 cm³/mol. The predicted octanol–water partition coefficient (Wildman–Crippen LogP) is 4.70. The minimum absolute atomic E-state index is 0.0520. The van der Waals surface area contributed by atoms with Crippen molar-refractivity contribution >= 4 is 46.4 Å². The van der Waals surface area contributed by atoms with Crippen molar-refractivity contribution in [1.29, 1.82) is 0 Å². The number of rotatable bonds is 3. The molecule has 128 valence electrons. The summed E-state index contributed by atoms with van der Waals surface area (Å²) in [4.78, 5) is 26.4. The van der Waals surface area contributed by atoms with Crippen molar-refractivity contribution in [2.75, 3.05) is 10.2 Å². The van der Waals surface area contributed by atoms with Crippen LogP contribution in [0.4, 0.5) is 11.4 Å². The van der Waals surface area contributed by atoms with Gasteiger partial charge in [-0.3, -0.25) is 9.59 Å². The van der Waals surface area contributed by atoms with Crippen molar-refractivity contribution in [3.05, 3.63) is 68.8 Å². The molecule has 1 aliphatic rings. The average molecular weight is 375 g/mol. The monoisotopic (exact) mass is 374 g/mol. The van der Waals surface area contributed by atoms with Crippen LogP contribution in [0.1, 0.15) is 16.7 Å². The number of benzene rings is 2. The van der Waals surface area contributed by atoms with Crippen LogP contribution in [0.2, 0.25) is 5.02 Å². The molecule has 2 amide bonds. The van der Waals surface area contributed by atoms with E-state index in [4.69, 9.17) is 23.2 Å². The van der Waals surface area contributed by atoms with Crippen LogP contribution in [0.25, 0.3) is 0 Å². The van der Waals surface area contributed by atoms with E-state index in [0.717, 1.165) is 21.6 Å². The molecular formula is C19H16Cl2N2O2. The standard InChI is InChI=1S/C19H16Cl2N2O2/c1-10-7-11(2)9-13(8-10)23-18(24)16(21)17(19(23)25)22-15-6-4-5-14(20)12(15)3/h4-9,22H,1-3H3. The number of hydrogen-bond donors (Lipinski definition) is 1. The van der Waals surface area contributed by atoms with Gasteiger partial charge in [-0.15, -0.1) is 0 Å². The molecule has 25 heavy (non-hydrogen) atoms. The largest absolute Gasteiger partial charge is 0.349 e. The van der Waals surface area contributed by atoms with Gasteiger partial charge < -0.3 is 5.32 Å². The van der Waals surface area contributed by atoms with Crippen molar-refractivity contribution < 1.29 is 9.59 Å². The molecule has 0 fully saturated rings. The number of aryl methyl sites for hydroxylation is 2. The highest BCUT2D eigenvalue weighted by Gasteiger charge is 2.39. The first kappa shape index (κ1) is 17.5. The maximum Gasteiger partial charge on any atom is 0.283 e. The molecule has 0 unspecified atom stereocenters. The van der Waals surface area contributed by atoms with Crippen LogP contribution in [0, 0.1) is 20.8 Å². The van der Waals surface area contributed by atoms with E-state index in [0.29, 0.717) is 16.4 Å². The van der Waals surface area contributed by atoms with Crippen LogP contribution in [-0.4, -0.2) is 11.8 Å². The molecule has 0 spiro atoms. The molecule has 0 saturated heterocycles. The molecule has 3 rings (SSSR count). The Morgan fingerprint density at radius 1 is 0.920 bits per heavy atom. The van der Waals surface area contributed by atoms with E-state index in [1.807, 2.05) is 26.8 Å². The van der Waals surface area contributed by atoms with Gasteiger partial charge in [0.15, 0.2) is 0 Å². The summed E-state index contributed by atoms with van der Waals surface area (Å²) in [5.41, 5.74) is 3.87. The molecule has 1 N–H and O–H groups in total. The molecule has 0 aliphatic carbocycles. The first-order valence-electron chi connectivity index (χ1n) is 7.68. The summed E-state index contributed by atoms with van der Waals surface area (Å²) in [6.07, 6.45) is 0. The fourth-order valence-corrected chi connectivity index (χ4v) is 3.19. The van der Waals surface area contributed by atoms with Gasteiger partial charge in [0.2, 0.25) is 0 Å². The fraction of sp³-hybridized carbons (Fsp3) is 0.158. The zero-order valence-corrected chi connectivity index (χ0v) is 15.5. The lowest BCUT2D eigenvalue weighted by molar-refractivity contribution is -0.120. The number of amides is 2.